The van der Waals surface area contributed by atoms with Crippen LogP contribution in [0.15, 0.2) is 30.6 Å². The predicted octanol–water partition coefficient (Wildman–Crippen LogP) is 2.57. The Balaban J connectivity index is 2.47. The van der Waals surface area contributed by atoms with Crippen molar-refractivity contribution in [3.8, 4) is 17.5 Å². The fourth-order valence-corrected chi connectivity index (χ4v) is 1.62. The van der Waals surface area contributed by atoms with Gasteiger partial charge in [-0.15, -0.1) is 10.2 Å². The molecule has 0 radical (unpaired) electrons. The smallest absolute Gasteiger partial charge is 0.164 e. The first kappa shape index (κ1) is 11.3. The van der Waals surface area contributed by atoms with Crippen molar-refractivity contribution in [3.05, 3.63) is 36.2 Å². The first-order valence-electron chi connectivity index (χ1n) is 5.43. The quantitative estimate of drug-likeness (QED) is 0.751. The van der Waals surface area contributed by atoms with E-state index < -0.39 is 0 Å². The summed E-state index contributed by atoms with van der Waals surface area (Å²) in [4.78, 5) is 0. The summed E-state index contributed by atoms with van der Waals surface area (Å²) in [5, 5.41) is 16.9. The van der Waals surface area contributed by atoms with Crippen LogP contribution in [0.1, 0.15) is 26.3 Å². The van der Waals surface area contributed by atoms with Crippen LogP contribution in [0.3, 0.4) is 0 Å². The molecule has 1 aromatic carbocycles. The molecule has 1 aromatic heterocycles. The Kier molecular flexibility index (Phi) is 2.68. The van der Waals surface area contributed by atoms with Gasteiger partial charge in [-0.2, -0.15) is 5.26 Å². The third-order valence-corrected chi connectivity index (χ3v) is 2.54. The molecular weight excluding hydrogens is 212 g/mol. The minimum Gasteiger partial charge on any atom is -0.308 e. The lowest BCUT2D eigenvalue weighted by Crippen LogP contribution is -2.21. The molecule has 0 fully saturated rings. The Labute approximate surface area is 101 Å². The number of rotatable bonds is 1. The van der Waals surface area contributed by atoms with Crippen LogP contribution in [0.2, 0.25) is 0 Å². The highest BCUT2D eigenvalue weighted by atomic mass is 15.3. The van der Waals surface area contributed by atoms with Crippen LogP contribution in [0.5, 0.6) is 0 Å². The molecule has 4 nitrogen and oxygen atoms in total. The molecule has 0 spiro atoms. The summed E-state index contributed by atoms with van der Waals surface area (Å²) >= 11 is 0. The van der Waals surface area contributed by atoms with Crippen molar-refractivity contribution in [1.82, 2.24) is 14.8 Å². The topological polar surface area (TPSA) is 54.5 Å². The lowest BCUT2D eigenvalue weighted by Gasteiger charge is -2.22. The Morgan fingerprint density at radius 3 is 2.35 bits per heavy atom. The van der Waals surface area contributed by atoms with Crippen molar-refractivity contribution in [2.24, 2.45) is 0 Å². The van der Waals surface area contributed by atoms with Gasteiger partial charge in [0.15, 0.2) is 5.82 Å². The molecule has 2 rings (SSSR count). The van der Waals surface area contributed by atoms with E-state index >= 15 is 0 Å². The van der Waals surface area contributed by atoms with E-state index in [0.717, 1.165) is 11.4 Å². The summed E-state index contributed by atoms with van der Waals surface area (Å²) in [5.74, 6) is 0.821. The minimum absolute atomic E-state index is 0.0628. The fourth-order valence-electron chi connectivity index (χ4n) is 1.62. The van der Waals surface area contributed by atoms with Crippen LogP contribution in [-0.2, 0) is 5.54 Å². The lowest BCUT2D eigenvalue weighted by atomic mass is 10.1. The number of hydrogen-bond donors (Lipinski definition) is 0. The van der Waals surface area contributed by atoms with E-state index in [1.54, 1.807) is 18.5 Å². The van der Waals surface area contributed by atoms with Crippen molar-refractivity contribution >= 4 is 0 Å². The molecule has 1 heterocycles. The number of hydrogen-bond acceptors (Lipinski definition) is 3. The van der Waals surface area contributed by atoms with E-state index in [9.17, 15) is 0 Å². The third kappa shape index (κ3) is 2.18. The van der Waals surface area contributed by atoms with Gasteiger partial charge in [0.2, 0.25) is 0 Å². The van der Waals surface area contributed by atoms with Crippen LogP contribution in [0.25, 0.3) is 11.4 Å². The van der Waals surface area contributed by atoms with Crippen LogP contribution < -0.4 is 0 Å². The molecule has 0 bridgehead atoms. The summed E-state index contributed by atoms with van der Waals surface area (Å²) in [7, 11) is 0. The van der Waals surface area contributed by atoms with Gasteiger partial charge in [-0.3, -0.25) is 0 Å². The van der Waals surface area contributed by atoms with Gasteiger partial charge < -0.3 is 4.57 Å². The molecule has 0 aliphatic rings. The number of nitriles is 1. The maximum absolute atomic E-state index is 8.76. The first-order chi connectivity index (χ1) is 8.02. The molecule has 0 aliphatic carbocycles. The third-order valence-electron chi connectivity index (χ3n) is 2.54. The van der Waals surface area contributed by atoms with Crippen LogP contribution >= 0.6 is 0 Å². The molecule has 0 unspecified atom stereocenters. The summed E-state index contributed by atoms with van der Waals surface area (Å²) in [6.45, 7) is 6.30. The van der Waals surface area contributed by atoms with Crippen molar-refractivity contribution in [3.63, 3.8) is 0 Å². The summed E-state index contributed by atoms with van der Waals surface area (Å²) < 4.78 is 2.02. The monoisotopic (exact) mass is 226 g/mol. The lowest BCUT2D eigenvalue weighted by molar-refractivity contribution is 0.400. The van der Waals surface area contributed by atoms with Crippen LogP contribution in [0, 0.1) is 11.3 Å². The average Bonchev–Trinajstić information content (AvgIpc) is 2.78. The highest BCUT2D eigenvalue weighted by molar-refractivity contribution is 5.56. The second-order valence-corrected chi connectivity index (χ2v) is 4.88. The standard InChI is InChI=1S/C13H14N4/c1-13(2,3)17-9-15-16-12(17)11-6-4-10(8-14)5-7-11/h4-7,9H,1-3H3. The number of benzene rings is 1. The van der Waals surface area contributed by atoms with Gasteiger partial charge in [0.05, 0.1) is 11.6 Å². The maximum Gasteiger partial charge on any atom is 0.164 e. The van der Waals surface area contributed by atoms with Gasteiger partial charge >= 0.3 is 0 Å². The van der Waals surface area contributed by atoms with Crippen molar-refractivity contribution in [1.29, 1.82) is 5.26 Å². The van der Waals surface area contributed by atoms with E-state index in [4.69, 9.17) is 5.26 Å². The second kappa shape index (κ2) is 4.02. The summed E-state index contributed by atoms with van der Waals surface area (Å²) in [6, 6.07) is 9.47. The molecule has 2 aromatic rings. The normalized spacial score (nSPS) is 11.2. The number of nitrogens with zero attached hydrogens (tertiary/aromatic N) is 4. The van der Waals surface area contributed by atoms with Gasteiger partial charge in [-0.05, 0) is 45.0 Å². The predicted molar refractivity (Wildman–Crippen MR) is 65.2 cm³/mol. The number of aromatic nitrogens is 3. The molecule has 0 atom stereocenters. The van der Waals surface area contributed by atoms with E-state index in [1.807, 2.05) is 16.7 Å². The van der Waals surface area contributed by atoms with Crippen LogP contribution in [0.4, 0.5) is 0 Å². The zero-order valence-corrected chi connectivity index (χ0v) is 10.2. The fraction of sp³-hybridized carbons (Fsp3) is 0.308. The molecule has 17 heavy (non-hydrogen) atoms. The van der Waals surface area contributed by atoms with E-state index in [-0.39, 0.29) is 5.54 Å². The molecule has 0 N–H and O–H groups in total. The van der Waals surface area contributed by atoms with Gasteiger partial charge in [0.1, 0.15) is 6.33 Å². The second-order valence-electron chi connectivity index (χ2n) is 4.88. The molecule has 0 saturated carbocycles. The van der Waals surface area contributed by atoms with Gasteiger partial charge in [-0.1, -0.05) is 0 Å². The SMILES string of the molecule is CC(C)(C)n1cnnc1-c1ccc(C#N)cc1. The molecule has 0 aliphatic heterocycles. The van der Waals surface area contributed by atoms with E-state index in [0.29, 0.717) is 5.56 Å². The Bertz CT molecular complexity index is 552. The zero-order chi connectivity index (χ0) is 12.5. The minimum atomic E-state index is -0.0628. The summed E-state index contributed by atoms with van der Waals surface area (Å²) in [6.07, 6.45) is 1.73. The highest BCUT2D eigenvalue weighted by Crippen LogP contribution is 2.23. The molecule has 86 valence electrons. The Morgan fingerprint density at radius 1 is 1.18 bits per heavy atom. The Morgan fingerprint density at radius 2 is 1.82 bits per heavy atom. The largest absolute Gasteiger partial charge is 0.308 e. The van der Waals surface area contributed by atoms with E-state index in [2.05, 4.69) is 37.0 Å². The molecule has 4 heteroatoms. The Hall–Kier alpha value is -2.15. The molecule has 0 amide bonds. The van der Waals surface area contributed by atoms with Crippen molar-refractivity contribution in [2.75, 3.05) is 0 Å². The highest BCUT2D eigenvalue weighted by Gasteiger charge is 2.18. The zero-order valence-electron chi connectivity index (χ0n) is 10.2. The molecular formula is C13H14N4. The van der Waals surface area contributed by atoms with Crippen molar-refractivity contribution in [2.45, 2.75) is 26.3 Å². The van der Waals surface area contributed by atoms with Gasteiger partial charge in [-0.25, -0.2) is 0 Å². The average molecular weight is 226 g/mol. The maximum atomic E-state index is 8.76. The first-order valence-corrected chi connectivity index (χ1v) is 5.43. The summed E-state index contributed by atoms with van der Waals surface area (Å²) in [5.41, 5.74) is 1.55. The van der Waals surface area contributed by atoms with E-state index in [1.165, 1.54) is 0 Å². The van der Waals surface area contributed by atoms with Crippen molar-refractivity contribution < 1.29 is 0 Å². The van der Waals surface area contributed by atoms with Gasteiger partial charge in [0, 0.05) is 11.1 Å². The van der Waals surface area contributed by atoms with Gasteiger partial charge in [0.25, 0.3) is 0 Å². The molecule has 0 saturated heterocycles. The van der Waals surface area contributed by atoms with Crippen LogP contribution in [-0.4, -0.2) is 14.8 Å².